The van der Waals surface area contributed by atoms with Gasteiger partial charge in [0.1, 0.15) is 6.04 Å². The summed E-state index contributed by atoms with van der Waals surface area (Å²) in [5.74, 6) is 0.293. The lowest BCUT2D eigenvalue weighted by atomic mass is 10.0. The number of nitrogens with one attached hydrogen (secondary N) is 2. The third-order valence-corrected chi connectivity index (χ3v) is 7.11. The maximum Gasteiger partial charge on any atom is 0.249 e. The number of carbonyl (C=O) groups is 2. The van der Waals surface area contributed by atoms with Gasteiger partial charge in [-0.05, 0) is 22.9 Å². The van der Waals surface area contributed by atoms with Crippen LogP contribution in [0.2, 0.25) is 0 Å². The van der Waals surface area contributed by atoms with Gasteiger partial charge in [0.25, 0.3) is 0 Å². The summed E-state index contributed by atoms with van der Waals surface area (Å²) in [6, 6.07) is 12.9. The molecule has 0 radical (unpaired) electrons. The Morgan fingerprint density at radius 2 is 1.90 bits per heavy atom. The number of rotatable bonds is 9. The van der Waals surface area contributed by atoms with E-state index in [1.54, 1.807) is 23.1 Å². The van der Waals surface area contributed by atoms with Crippen LogP contribution in [0.1, 0.15) is 24.3 Å². The van der Waals surface area contributed by atoms with E-state index in [0.29, 0.717) is 5.13 Å². The number of aromatic nitrogens is 2. The zero-order chi connectivity index (χ0) is 20.6. The lowest BCUT2D eigenvalue weighted by Crippen LogP contribution is -2.47. The second kappa shape index (κ2) is 10.5. The second-order valence-electron chi connectivity index (χ2n) is 6.68. The Kier molecular flexibility index (Phi) is 7.79. The zero-order valence-corrected chi connectivity index (χ0v) is 18.6. The molecule has 1 atom stereocenters. The van der Waals surface area contributed by atoms with Crippen LogP contribution in [-0.4, -0.2) is 28.1 Å². The average Bonchev–Trinajstić information content (AvgIpc) is 3.37. The maximum absolute atomic E-state index is 12.7. The molecular formula is C20H22N4O2S3. The lowest BCUT2D eigenvalue weighted by Gasteiger charge is -2.21. The van der Waals surface area contributed by atoms with Crippen molar-refractivity contribution in [3.05, 3.63) is 58.3 Å². The average molecular weight is 447 g/mol. The smallest absolute Gasteiger partial charge is 0.249 e. The fourth-order valence-electron chi connectivity index (χ4n) is 2.57. The van der Waals surface area contributed by atoms with Crippen molar-refractivity contribution in [2.24, 2.45) is 5.92 Å². The number of nitrogens with zero attached hydrogens (tertiary/aromatic N) is 2. The van der Waals surface area contributed by atoms with E-state index in [1.807, 2.05) is 55.6 Å². The number of amides is 2. The van der Waals surface area contributed by atoms with Crippen molar-refractivity contribution in [1.82, 2.24) is 15.5 Å². The lowest BCUT2D eigenvalue weighted by molar-refractivity contribution is -0.127. The monoisotopic (exact) mass is 446 g/mol. The first kappa shape index (κ1) is 21.5. The van der Waals surface area contributed by atoms with E-state index in [-0.39, 0.29) is 24.2 Å². The summed E-state index contributed by atoms with van der Waals surface area (Å²) in [6.45, 7) is 3.80. The van der Waals surface area contributed by atoms with Crippen molar-refractivity contribution < 1.29 is 9.59 Å². The first-order valence-electron chi connectivity index (χ1n) is 9.14. The van der Waals surface area contributed by atoms with Gasteiger partial charge in [0.2, 0.25) is 16.9 Å². The molecule has 152 valence electrons. The van der Waals surface area contributed by atoms with Gasteiger partial charge in [-0.2, -0.15) is 0 Å². The van der Waals surface area contributed by atoms with Crippen LogP contribution < -0.4 is 10.6 Å². The Hall–Kier alpha value is -2.23. The van der Waals surface area contributed by atoms with E-state index in [1.165, 1.54) is 16.2 Å². The van der Waals surface area contributed by atoms with E-state index in [0.717, 1.165) is 15.7 Å². The van der Waals surface area contributed by atoms with Crippen molar-refractivity contribution in [1.29, 1.82) is 0 Å². The Morgan fingerprint density at radius 1 is 1.10 bits per heavy atom. The zero-order valence-electron chi connectivity index (χ0n) is 16.1. The largest absolute Gasteiger partial charge is 0.344 e. The molecule has 0 aliphatic rings. The van der Waals surface area contributed by atoms with E-state index in [9.17, 15) is 9.59 Å². The predicted molar refractivity (Wildman–Crippen MR) is 119 cm³/mol. The molecule has 2 heterocycles. The number of anilines is 1. The highest BCUT2D eigenvalue weighted by atomic mass is 32.2. The van der Waals surface area contributed by atoms with E-state index in [4.69, 9.17) is 0 Å². The molecule has 0 bridgehead atoms. The summed E-state index contributed by atoms with van der Waals surface area (Å²) >= 11 is 4.62. The van der Waals surface area contributed by atoms with Gasteiger partial charge in [0, 0.05) is 10.6 Å². The molecule has 0 saturated heterocycles. The Labute approximate surface area is 182 Å². The summed E-state index contributed by atoms with van der Waals surface area (Å²) in [5, 5.41) is 16.3. The van der Waals surface area contributed by atoms with Crippen LogP contribution in [0.25, 0.3) is 0 Å². The van der Waals surface area contributed by atoms with Crippen LogP contribution in [0.3, 0.4) is 0 Å². The molecule has 2 aromatic heterocycles. The molecule has 0 aliphatic heterocycles. The van der Waals surface area contributed by atoms with Crippen LogP contribution in [0, 0.1) is 5.92 Å². The molecule has 9 heteroatoms. The van der Waals surface area contributed by atoms with Crippen molar-refractivity contribution in [2.75, 3.05) is 5.32 Å². The first-order chi connectivity index (χ1) is 14.0. The number of hydrogen-bond acceptors (Lipinski definition) is 7. The molecular weight excluding hydrogens is 424 g/mol. The molecule has 2 N–H and O–H groups in total. The Balaban J connectivity index is 1.54. The molecule has 0 saturated carbocycles. The summed E-state index contributed by atoms with van der Waals surface area (Å²) < 4.78 is 0.794. The van der Waals surface area contributed by atoms with Gasteiger partial charge in [0.05, 0.1) is 6.42 Å². The Morgan fingerprint density at radius 3 is 2.59 bits per heavy atom. The fourth-order valence-corrected chi connectivity index (χ4v) is 5.10. The van der Waals surface area contributed by atoms with Gasteiger partial charge in [-0.1, -0.05) is 73.3 Å². The highest BCUT2D eigenvalue weighted by Gasteiger charge is 2.25. The third-order valence-electron chi connectivity index (χ3n) is 4.03. The summed E-state index contributed by atoms with van der Waals surface area (Å²) in [5.41, 5.74) is 0.907. The minimum absolute atomic E-state index is 0.0599. The normalized spacial score (nSPS) is 12.0. The van der Waals surface area contributed by atoms with E-state index in [2.05, 4.69) is 26.9 Å². The van der Waals surface area contributed by atoms with Gasteiger partial charge in [0.15, 0.2) is 4.34 Å². The standard InChI is InChI=1S/C20H22N4O2S3/c1-13(2)17(21-16(25)11-14-7-4-3-5-8-14)18(26)22-19-23-24-20(29-19)28-12-15-9-6-10-27-15/h3-10,13,17H,11-12H2,1-2H3,(H,21,25)(H,22,23,26). The van der Waals surface area contributed by atoms with Gasteiger partial charge >= 0.3 is 0 Å². The number of hydrogen-bond donors (Lipinski definition) is 2. The number of thioether (sulfide) groups is 1. The van der Waals surface area contributed by atoms with Crippen LogP contribution in [-0.2, 0) is 21.8 Å². The third kappa shape index (κ3) is 6.66. The minimum atomic E-state index is -0.641. The van der Waals surface area contributed by atoms with Crippen LogP contribution in [0.5, 0.6) is 0 Å². The number of thiophene rings is 1. The predicted octanol–water partition coefficient (Wildman–Crippen LogP) is 4.21. The number of carbonyl (C=O) groups excluding carboxylic acids is 2. The first-order valence-corrected chi connectivity index (χ1v) is 11.8. The second-order valence-corrected chi connectivity index (χ2v) is 9.91. The molecule has 0 fully saturated rings. The van der Waals surface area contributed by atoms with Crippen LogP contribution >= 0.6 is 34.4 Å². The molecule has 0 aliphatic carbocycles. The molecule has 1 aromatic carbocycles. The van der Waals surface area contributed by atoms with Gasteiger partial charge in [-0.3, -0.25) is 14.9 Å². The molecule has 2 amide bonds. The van der Waals surface area contributed by atoms with Crippen LogP contribution in [0.4, 0.5) is 5.13 Å². The molecule has 1 unspecified atom stereocenters. The summed E-state index contributed by atoms with van der Waals surface area (Å²) in [4.78, 5) is 26.3. The number of benzene rings is 1. The fraction of sp³-hybridized carbons (Fsp3) is 0.300. The maximum atomic E-state index is 12.7. The Bertz CT molecular complexity index is 926. The SMILES string of the molecule is CC(C)C(NC(=O)Cc1ccccc1)C(=O)Nc1nnc(SCc2cccs2)s1. The topological polar surface area (TPSA) is 84.0 Å². The van der Waals surface area contributed by atoms with Crippen molar-refractivity contribution in [2.45, 2.75) is 36.4 Å². The van der Waals surface area contributed by atoms with Crippen molar-refractivity contribution in [3.8, 4) is 0 Å². The minimum Gasteiger partial charge on any atom is -0.344 e. The molecule has 0 spiro atoms. The molecule has 29 heavy (non-hydrogen) atoms. The molecule has 6 nitrogen and oxygen atoms in total. The molecule has 3 rings (SSSR count). The van der Waals surface area contributed by atoms with Crippen molar-refractivity contribution in [3.63, 3.8) is 0 Å². The summed E-state index contributed by atoms with van der Waals surface area (Å²) in [7, 11) is 0. The van der Waals surface area contributed by atoms with Gasteiger partial charge in [-0.25, -0.2) is 0 Å². The highest BCUT2D eigenvalue weighted by Crippen LogP contribution is 2.29. The highest BCUT2D eigenvalue weighted by molar-refractivity contribution is 8.00. The van der Waals surface area contributed by atoms with E-state index < -0.39 is 6.04 Å². The van der Waals surface area contributed by atoms with Gasteiger partial charge < -0.3 is 5.32 Å². The van der Waals surface area contributed by atoms with Crippen LogP contribution in [0.15, 0.2) is 52.2 Å². The van der Waals surface area contributed by atoms with Gasteiger partial charge in [-0.15, -0.1) is 21.5 Å². The molecule has 3 aromatic rings. The van der Waals surface area contributed by atoms with E-state index >= 15 is 0 Å². The van der Waals surface area contributed by atoms with Crippen molar-refractivity contribution >= 4 is 51.4 Å². The summed E-state index contributed by atoms with van der Waals surface area (Å²) in [6.07, 6.45) is 0.236. The quantitative estimate of drug-likeness (QED) is 0.380.